The Morgan fingerprint density at radius 2 is 1.68 bits per heavy atom. The molecule has 0 unspecified atom stereocenters. The van der Waals surface area contributed by atoms with E-state index in [2.05, 4.69) is 29.8 Å². The van der Waals surface area contributed by atoms with Gasteiger partial charge in [0.15, 0.2) is 0 Å². The average molecular weight is 349 g/mol. The Morgan fingerprint density at radius 1 is 1.04 bits per heavy atom. The molecule has 1 aromatic carbocycles. The summed E-state index contributed by atoms with van der Waals surface area (Å²) in [5.41, 5.74) is 1.60. The van der Waals surface area contributed by atoms with Crippen LogP contribution < -0.4 is 20.9 Å². The van der Waals surface area contributed by atoms with Crippen LogP contribution in [0.1, 0.15) is 50.0 Å². The fourth-order valence-corrected chi connectivity index (χ4v) is 2.52. The van der Waals surface area contributed by atoms with E-state index in [4.69, 9.17) is 0 Å². The van der Waals surface area contributed by atoms with Gasteiger partial charge >= 0.3 is 6.03 Å². The SMILES string of the molecule is CC[NH+](CC)CCCNC(=O)c1ccc(CNC(=O)NC(C)C)cc1. The van der Waals surface area contributed by atoms with Gasteiger partial charge in [0.1, 0.15) is 0 Å². The van der Waals surface area contributed by atoms with Crippen LogP contribution in [0.25, 0.3) is 0 Å². The minimum absolute atomic E-state index is 0.0494. The van der Waals surface area contributed by atoms with Crippen LogP contribution in [0.3, 0.4) is 0 Å². The molecule has 0 fully saturated rings. The van der Waals surface area contributed by atoms with Gasteiger partial charge in [-0.2, -0.15) is 0 Å². The number of hydrogen-bond donors (Lipinski definition) is 4. The zero-order valence-electron chi connectivity index (χ0n) is 15.9. The number of carbonyl (C=O) groups excluding carboxylic acids is 2. The van der Waals surface area contributed by atoms with Gasteiger partial charge in [0.25, 0.3) is 5.91 Å². The maximum Gasteiger partial charge on any atom is 0.315 e. The van der Waals surface area contributed by atoms with Crippen molar-refractivity contribution in [2.45, 2.75) is 46.7 Å². The Kier molecular flexibility index (Phi) is 9.62. The largest absolute Gasteiger partial charge is 0.352 e. The summed E-state index contributed by atoms with van der Waals surface area (Å²) < 4.78 is 0. The maximum atomic E-state index is 12.1. The van der Waals surface area contributed by atoms with Crippen LogP contribution in [-0.2, 0) is 6.54 Å². The summed E-state index contributed by atoms with van der Waals surface area (Å²) in [5.74, 6) is -0.0494. The molecule has 6 heteroatoms. The lowest BCUT2D eigenvalue weighted by Gasteiger charge is -2.15. The molecule has 0 bridgehead atoms. The number of carbonyl (C=O) groups is 2. The maximum absolute atomic E-state index is 12.1. The molecular weight excluding hydrogens is 316 g/mol. The second-order valence-corrected chi connectivity index (χ2v) is 6.50. The Bertz CT molecular complexity index is 525. The summed E-state index contributed by atoms with van der Waals surface area (Å²) in [4.78, 5) is 25.2. The Balaban J connectivity index is 2.35. The Labute approximate surface area is 151 Å². The number of hydrogen-bond acceptors (Lipinski definition) is 2. The summed E-state index contributed by atoms with van der Waals surface area (Å²) in [6.07, 6.45) is 0.982. The average Bonchev–Trinajstić information content (AvgIpc) is 2.60. The molecule has 6 nitrogen and oxygen atoms in total. The molecule has 140 valence electrons. The Morgan fingerprint density at radius 3 is 2.24 bits per heavy atom. The minimum atomic E-state index is -0.188. The highest BCUT2D eigenvalue weighted by molar-refractivity contribution is 5.94. The van der Waals surface area contributed by atoms with Gasteiger partial charge in [-0.15, -0.1) is 0 Å². The van der Waals surface area contributed by atoms with Gasteiger partial charge in [0.05, 0.1) is 19.6 Å². The molecule has 1 aromatic rings. The molecule has 0 aliphatic heterocycles. The van der Waals surface area contributed by atoms with E-state index in [1.807, 2.05) is 26.0 Å². The zero-order chi connectivity index (χ0) is 18.7. The molecule has 0 saturated carbocycles. The van der Waals surface area contributed by atoms with Crippen molar-refractivity contribution < 1.29 is 14.5 Å². The van der Waals surface area contributed by atoms with E-state index in [0.29, 0.717) is 18.7 Å². The smallest absolute Gasteiger partial charge is 0.315 e. The van der Waals surface area contributed by atoms with E-state index in [-0.39, 0.29) is 18.0 Å². The first-order chi connectivity index (χ1) is 12.0. The molecule has 25 heavy (non-hydrogen) atoms. The van der Waals surface area contributed by atoms with Gasteiger partial charge in [-0.1, -0.05) is 12.1 Å². The third-order valence-electron chi connectivity index (χ3n) is 4.08. The number of amides is 3. The molecule has 0 aliphatic carbocycles. The molecule has 0 saturated heterocycles. The van der Waals surface area contributed by atoms with Gasteiger partial charge in [-0.3, -0.25) is 4.79 Å². The monoisotopic (exact) mass is 349 g/mol. The first-order valence-electron chi connectivity index (χ1n) is 9.21. The van der Waals surface area contributed by atoms with Crippen LogP contribution in [0, 0.1) is 0 Å². The number of quaternary nitrogens is 1. The first kappa shape index (κ1) is 21.0. The number of nitrogens with one attached hydrogen (secondary N) is 4. The zero-order valence-corrected chi connectivity index (χ0v) is 15.9. The lowest BCUT2D eigenvalue weighted by molar-refractivity contribution is -0.896. The lowest BCUT2D eigenvalue weighted by Crippen LogP contribution is -3.11. The van der Waals surface area contributed by atoms with Crippen LogP contribution in [0.15, 0.2) is 24.3 Å². The van der Waals surface area contributed by atoms with Crippen molar-refractivity contribution >= 4 is 11.9 Å². The van der Waals surface area contributed by atoms with E-state index in [1.54, 1.807) is 17.0 Å². The van der Waals surface area contributed by atoms with Gasteiger partial charge in [-0.25, -0.2) is 4.79 Å². The third kappa shape index (κ3) is 8.54. The molecule has 0 aromatic heterocycles. The van der Waals surface area contributed by atoms with Crippen molar-refractivity contribution in [2.24, 2.45) is 0 Å². The second kappa shape index (κ2) is 11.5. The van der Waals surface area contributed by atoms with Gasteiger partial charge < -0.3 is 20.9 Å². The highest BCUT2D eigenvalue weighted by atomic mass is 16.2. The third-order valence-corrected chi connectivity index (χ3v) is 4.08. The van der Waals surface area contributed by atoms with Crippen molar-refractivity contribution in [3.05, 3.63) is 35.4 Å². The van der Waals surface area contributed by atoms with E-state index < -0.39 is 0 Å². The van der Waals surface area contributed by atoms with E-state index in [1.165, 1.54) is 0 Å². The summed E-state index contributed by atoms with van der Waals surface area (Å²) in [5, 5.41) is 8.52. The molecular formula is C19H33N4O2+. The van der Waals surface area contributed by atoms with Crippen LogP contribution in [0.5, 0.6) is 0 Å². The van der Waals surface area contributed by atoms with Gasteiger partial charge in [0.2, 0.25) is 0 Å². The van der Waals surface area contributed by atoms with Crippen molar-refractivity contribution in [3.8, 4) is 0 Å². The molecule has 4 N–H and O–H groups in total. The number of urea groups is 1. The van der Waals surface area contributed by atoms with Crippen molar-refractivity contribution in [1.29, 1.82) is 0 Å². The molecule has 1 rings (SSSR count). The van der Waals surface area contributed by atoms with Crippen molar-refractivity contribution in [3.63, 3.8) is 0 Å². The molecule has 0 heterocycles. The van der Waals surface area contributed by atoms with Crippen molar-refractivity contribution in [2.75, 3.05) is 26.2 Å². The number of benzene rings is 1. The summed E-state index contributed by atoms with van der Waals surface area (Å²) in [6.45, 7) is 12.6. The van der Waals surface area contributed by atoms with Gasteiger partial charge in [0, 0.05) is 31.1 Å². The van der Waals surface area contributed by atoms with E-state index >= 15 is 0 Å². The van der Waals surface area contributed by atoms with Crippen LogP contribution in [0.2, 0.25) is 0 Å². The number of rotatable bonds is 10. The summed E-state index contributed by atoms with van der Waals surface area (Å²) in [6, 6.07) is 7.24. The highest BCUT2D eigenvalue weighted by Crippen LogP contribution is 2.04. The first-order valence-corrected chi connectivity index (χ1v) is 9.21. The lowest BCUT2D eigenvalue weighted by atomic mass is 10.1. The fraction of sp³-hybridized carbons (Fsp3) is 0.579. The van der Waals surface area contributed by atoms with Crippen LogP contribution >= 0.6 is 0 Å². The molecule has 0 atom stereocenters. The van der Waals surface area contributed by atoms with Gasteiger partial charge in [-0.05, 0) is 45.4 Å². The molecule has 0 radical (unpaired) electrons. The second-order valence-electron chi connectivity index (χ2n) is 6.50. The quantitative estimate of drug-likeness (QED) is 0.475. The highest BCUT2D eigenvalue weighted by Gasteiger charge is 2.07. The minimum Gasteiger partial charge on any atom is -0.352 e. The predicted molar refractivity (Wildman–Crippen MR) is 101 cm³/mol. The summed E-state index contributed by atoms with van der Waals surface area (Å²) >= 11 is 0. The summed E-state index contributed by atoms with van der Waals surface area (Å²) in [7, 11) is 0. The molecule has 3 amide bonds. The predicted octanol–water partition coefficient (Wildman–Crippen LogP) is 0.939. The van der Waals surface area contributed by atoms with Crippen molar-refractivity contribution in [1.82, 2.24) is 16.0 Å². The van der Waals surface area contributed by atoms with E-state index in [9.17, 15) is 9.59 Å². The topological polar surface area (TPSA) is 74.7 Å². The Hall–Kier alpha value is -2.08. The van der Waals surface area contributed by atoms with E-state index in [0.717, 1.165) is 31.6 Å². The molecule has 0 spiro atoms. The molecule has 0 aliphatic rings. The normalized spacial score (nSPS) is 10.8. The standard InChI is InChI=1S/C19H32N4O2/c1-5-23(6-2)13-7-12-20-18(24)17-10-8-16(9-11-17)14-21-19(25)22-15(3)4/h8-11,15H,5-7,12-14H2,1-4H3,(H,20,24)(H2,21,22,25)/p+1. The van der Waals surface area contributed by atoms with Crippen LogP contribution in [-0.4, -0.2) is 44.2 Å². The van der Waals surface area contributed by atoms with Crippen LogP contribution in [0.4, 0.5) is 4.79 Å². The fourth-order valence-electron chi connectivity index (χ4n) is 2.52.